The number of hydrogen-bond acceptors (Lipinski definition) is 9. The third-order valence-electron chi connectivity index (χ3n) is 8.23. The average molecular weight is 566 g/mol. The largest absolute Gasteiger partial charge is 0.372 e. The Hall–Kier alpha value is -3.97. The Morgan fingerprint density at radius 2 is 1.82 bits per heavy atom. The molecule has 5 heterocycles. The Bertz CT molecular complexity index is 1590. The summed E-state index contributed by atoms with van der Waals surface area (Å²) >= 11 is 1.13. The van der Waals surface area contributed by atoms with E-state index in [9.17, 15) is 19.2 Å². The predicted molar refractivity (Wildman–Crippen MR) is 142 cm³/mol. The monoisotopic (exact) mass is 565 g/mol. The summed E-state index contributed by atoms with van der Waals surface area (Å²) in [4.78, 5) is 55.1. The van der Waals surface area contributed by atoms with Gasteiger partial charge in [-0.15, -0.1) is 0 Å². The van der Waals surface area contributed by atoms with Crippen LogP contribution in [0.1, 0.15) is 31.0 Å². The number of halogens is 1. The first-order valence-corrected chi connectivity index (χ1v) is 13.9. The third kappa shape index (κ3) is 3.37. The van der Waals surface area contributed by atoms with E-state index >= 15 is 4.39 Å². The maximum Gasteiger partial charge on any atom is 0.328 e. The number of hydrogen-bond donors (Lipinski definition) is 2. The molecule has 2 N–H and O–H groups in total. The number of thioether (sulfide) groups is 1. The second-order valence-electron chi connectivity index (χ2n) is 10.6. The molecule has 11 nitrogen and oxygen atoms in total. The predicted octanol–water partition coefficient (Wildman–Crippen LogP) is 3.27. The van der Waals surface area contributed by atoms with E-state index in [0.29, 0.717) is 11.3 Å². The highest BCUT2D eigenvalue weighted by molar-refractivity contribution is 8.14. The van der Waals surface area contributed by atoms with Crippen LogP contribution >= 0.6 is 11.8 Å². The molecule has 1 aromatic heterocycles. The van der Waals surface area contributed by atoms with Crippen LogP contribution in [0.5, 0.6) is 0 Å². The number of amides is 5. The van der Waals surface area contributed by atoms with E-state index in [1.165, 1.54) is 4.90 Å². The van der Waals surface area contributed by atoms with Crippen LogP contribution in [0.2, 0.25) is 0 Å². The molecule has 1 spiro atoms. The van der Waals surface area contributed by atoms with Gasteiger partial charge in [0.25, 0.3) is 5.24 Å². The molecule has 0 saturated carbocycles. The summed E-state index contributed by atoms with van der Waals surface area (Å²) in [6.07, 6.45) is -1.18. The van der Waals surface area contributed by atoms with Crippen molar-refractivity contribution in [1.82, 2.24) is 15.8 Å². The van der Waals surface area contributed by atoms with Crippen molar-refractivity contribution in [3.63, 3.8) is 0 Å². The standard InChI is InChI=1S/C27H24FN5O6S/c1-12-10-32-19-15(9-27(21(32)13(2)38-12)23(34)29-25(36)30-24(27)35)8-16-20(18(19)28)39-31-22(16)33-17(11-40-26(33)37)14-6-4-3-5-7-14/h3-8,12-13,17,21H,9-11H2,1-2H3,(H2,29,30,34,35,36)/t12-,13+,17-,21-/m1/s1. The normalized spacial score (nSPS) is 27.6. The second kappa shape index (κ2) is 8.77. The van der Waals surface area contributed by atoms with Crippen LogP contribution < -0.4 is 20.4 Å². The van der Waals surface area contributed by atoms with Gasteiger partial charge in [-0.2, -0.15) is 0 Å². The number of carbonyl (C=O) groups excluding carboxylic acids is 4. The fourth-order valence-corrected chi connectivity index (χ4v) is 7.68. The molecule has 40 heavy (non-hydrogen) atoms. The SMILES string of the molecule is C[C@@H]1CN2c3c(cc4c(N5C(=O)SC[C@@H]5c5ccccc5)noc4c3F)CC3(C(=O)NC(=O)NC3=O)[C@H]2[C@H](C)O1. The summed E-state index contributed by atoms with van der Waals surface area (Å²) in [5, 5.41) is 8.60. The van der Waals surface area contributed by atoms with E-state index in [-0.39, 0.29) is 52.8 Å². The van der Waals surface area contributed by atoms with Crippen LogP contribution in [0.4, 0.5) is 25.5 Å². The van der Waals surface area contributed by atoms with Gasteiger partial charge >= 0.3 is 6.03 Å². The fraction of sp³-hybridized carbons (Fsp3) is 0.370. The number of barbiturate groups is 1. The number of carbonyl (C=O) groups is 4. The van der Waals surface area contributed by atoms with Crippen LogP contribution in [0.25, 0.3) is 11.0 Å². The molecule has 2 aromatic carbocycles. The van der Waals surface area contributed by atoms with Crippen molar-refractivity contribution in [3.8, 4) is 0 Å². The molecular weight excluding hydrogens is 541 g/mol. The molecule has 5 amide bonds. The Labute approximate surface area is 231 Å². The number of ether oxygens (including phenoxy) is 1. The van der Waals surface area contributed by atoms with Crippen LogP contribution in [-0.2, 0) is 20.7 Å². The van der Waals surface area contributed by atoms with Gasteiger partial charge in [-0.1, -0.05) is 47.3 Å². The van der Waals surface area contributed by atoms with Gasteiger partial charge < -0.3 is 14.2 Å². The maximum atomic E-state index is 16.4. The van der Waals surface area contributed by atoms with Gasteiger partial charge in [0.2, 0.25) is 17.4 Å². The van der Waals surface area contributed by atoms with Gasteiger partial charge in [-0.05, 0) is 31.0 Å². The molecule has 4 aliphatic rings. The Kier molecular flexibility index (Phi) is 5.48. The minimum Gasteiger partial charge on any atom is -0.372 e. The van der Waals surface area contributed by atoms with Crippen LogP contribution in [0.3, 0.4) is 0 Å². The molecule has 0 bridgehead atoms. The maximum absolute atomic E-state index is 16.4. The van der Waals surface area contributed by atoms with Crippen LogP contribution in [0, 0.1) is 11.2 Å². The number of rotatable bonds is 2. The van der Waals surface area contributed by atoms with Crippen molar-refractivity contribution >= 4 is 57.3 Å². The van der Waals surface area contributed by atoms with E-state index in [0.717, 1.165) is 17.3 Å². The molecule has 206 valence electrons. The smallest absolute Gasteiger partial charge is 0.328 e. The number of urea groups is 1. The average Bonchev–Trinajstić information content (AvgIpc) is 3.50. The first kappa shape index (κ1) is 25.0. The number of benzene rings is 2. The Balaban J connectivity index is 1.42. The van der Waals surface area contributed by atoms with E-state index in [1.54, 1.807) is 17.9 Å². The molecule has 0 aliphatic carbocycles. The number of nitrogens with zero attached hydrogens (tertiary/aromatic N) is 3. The lowest BCUT2D eigenvalue weighted by Gasteiger charge is -2.55. The molecule has 13 heteroatoms. The highest BCUT2D eigenvalue weighted by Gasteiger charge is 2.63. The van der Waals surface area contributed by atoms with Crippen molar-refractivity contribution in [2.45, 2.75) is 44.6 Å². The van der Waals surface area contributed by atoms with Crippen molar-refractivity contribution in [2.24, 2.45) is 5.41 Å². The molecule has 3 aromatic rings. The van der Waals surface area contributed by atoms with Gasteiger partial charge in [-0.25, -0.2) is 9.18 Å². The summed E-state index contributed by atoms with van der Waals surface area (Å²) in [6.45, 7) is 3.74. The van der Waals surface area contributed by atoms with Crippen LogP contribution in [-0.4, -0.2) is 58.8 Å². The van der Waals surface area contributed by atoms with Gasteiger partial charge in [0.1, 0.15) is 0 Å². The van der Waals surface area contributed by atoms with Gasteiger partial charge in [0.05, 0.1) is 35.4 Å². The first-order chi connectivity index (χ1) is 19.2. The lowest BCUT2D eigenvalue weighted by Crippen LogP contribution is -2.75. The number of anilines is 2. The summed E-state index contributed by atoms with van der Waals surface area (Å²) in [5.41, 5.74) is -0.438. The zero-order chi connectivity index (χ0) is 27.9. The minimum absolute atomic E-state index is 0.125. The summed E-state index contributed by atoms with van der Waals surface area (Å²) < 4.78 is 27.9. The first-order valence-electron chi connectivity index (χ1n) is 12.9. The van der Waals surface area contributed by atoms with Gasteiger partial charge in [-0.3, -0.25) is 29.9 Å². The second-order valence-corrected chi connectivity index (χ2v) is 11.6. The fourth-order valence-electron chi connectivity index (χ4n) is 6.69. The van der Waals surface area contributed by atoms with Crippen LogP contribution in [0.15, 0.2) is 40.9 Å². The highest BCUT2D eigenvalue weighted by atomic mass is 32.2. The molecule has 4 atom stereocenters. The highest BCUT2D eigenvalue weighted by Crippen LogP contribution is 2.50. The molecule has 3 fully saturated rings. The molecule has 4 aliphatic heterocycles. The molecule has 0 unspecified atom stereocenters. The van der Waals surface area contributed by atoms with Gasteiger partial charge in [0, 0.05) is 18.7 Å². The zero-order valence-electron chi connectivity index (χ0n) is 21.5. The number of nitrogens with one attached hydrogen (secondary N) is 2. The van der Waals surface area contributed by atoms with Gasteiger partial charge in [0.15, 0.2) is 17.1 Å². The van der Waals surface area contributed by atoms with Crippen molar-refractivity contribution in [3.05, 3.63) is 53.3 Å². The lowest BCUT2D eigenvalue weighted by molar-refractivity contribution is -0.153. The summed E-state index contributed by atoms with van der Waals surface area (Å²) in [7, 11) is 0. The van der Waals surface area contributed by atoms with E-state index in [1.807, 2.05) is 37.3 Å². The van der Waals surface area contributed by atoms with Crippen molar-refractivity contribution < 1.29 is 32.8 Å². The van der Waals surface area contributed by atoms with Crippen molar-refractivity contribution in [2.75, 3.05) is 22.1 Å². The van der Waals surface area contributed by atoms with E-state index in [2.05, 4.69) is 15.8 Å². The zero-order valence-corrected chi connectivity index (χ0v) is 22.3. The quantitative estimate of drug-likeness (QED) is 0.449. The van der Waals surface area contributed by atoms with E-state index < -0.39 is 41.2 Å². The topological polar surface area (TPSA) is 134 Å². The molecule has 7 rings (SSSR count). The summed E-state index contributed by atoms with van der Waals surface area (Å²) in [6, 6.07) is 8.95. The summed E-state index contributed by atoms with van der Waals surface area (Å²) in [5.74, 6) is -1.60. The third-order valence-corrected chi connectivity index (χ3v) is 9.16. The van der Waals surface area contributed by atoms with Crippen molar-refractivity contribution in [1.29, 1.82) is 0 Å². The molecule has 0 radical (unpaired) electrons. The Morgan fingerprint density at radius 1 is 1.10 bits per heavy atom. The Morgan fingerprint density at radius 3 is 2.55 bits per heavy atom. The molecule has 3 saturated heterocycles. The number of imide groups is 2. The number of fused-ring (bicyclic) bond motifs is 5. The number of aromatic nitrogens is 1. The number of morpholine rings is 1. The lowest BCUT2D eigenvalue weighted by atomic mass is 9.66. The van der Waals surface area contributed by atoms with E-state index in [4.69, 9.17) is 9.26 Å². The molecular formula is C27H24FN5O6S. The minimum atomic E-state index is -1.76.